The summed E-state index contributed by atoms with van der Waals surface area (Å²) in [5, 5.41) is 0. The van der Waals surface area contributed by atoms with Crippen molar-refractivity contribution in [2.45, 2.75) is 13.5 Å². The van der Waals surface area contributed by atoms with Gasteiger partial charge in [0.1, 0.15) is 0 Å². The second kappa shape index (κ2) is 7.17. The molecule has 5 heteroatoms. The van der Waals surface area contributed by atoms with Crippen molar-refractivity contribution in [2.75, 3.05) is 18.6 Å². The Hall–Kier alpha value is -1.23. The molecule has 1 atom stereocenters. The third-order valence-electron chi connectivity index (χ3n) is 2.35. The van der Waals surface area contributed by atoms with Gasteiger partial charge >= 0.3 is 5.97 Å². The van der Waals surface area contributed by atoms with Crippen LogP contribution in [0.1, 0.15) is 6.92 Å². The van der Waals surface area contributed by atoms with Crippen LogP contribution in [0.25, 0.3) is 0 Å². The number of hydrogen-bond donors (Lipinski definition) is 0. The largest absolute Gasteiger partial charge is 0.469 e. The van der Waals surface area contributed by atoms with Gasteiger partial charge in [-0.15, -0.1) is 0 Å². The molecule has 1 heterocycles. The van der Waals surface area contributed by atoms with Gasteiger partial charge < -0.3 is 9.30 Å². The summed E-state index contributed by atoms with van der Waals surface area (Å²) in [7, 11) is 1.40. The molecule has 0 bridgehead atoms. The number of carbonyl (C=O) groups is 1. The fourth-order valence-electron chi connectivity index (χ4n) is 1.34. The third kappa shape index (κ3) is 4.65. The van der Waals surface area contributed by atoms with Gasteiger partial charge in [-0.3, -0.25) is 9.59 Å². The van der Waals surface area contributed by atoms with Crippen LogP contribution in [0.2, 0.25) is 0 Å². The van der Waals surface area contributed by atoms with E-state index in [2.05, 4.69) is 4.74 Å². The maximum absolute atomic E-state index is 11.4. The first-order chi connectivity index (χ1) is 8.15. The normalized spacial score (nSPS) is 12.1. The van der Waals surface area contributed by atoms with Gasteiger partial charge in [0.2, 0.25) is 0 Å². The lowest BCUT2D eigenvalue weighted by Gasteiger charge is -2.09. The van der Waals surface area contributed by atoms with Crippen molar-refractivity contribution in [2.24, 2.45) is 5.92 Å². The van der Waals surface area contributed by atoms with Crippen molar-refractivity contribution < 1.29 is 9.53 Å². The number of aromatic nitrogens is 1. The zero-order valence-electron chi connectivity index (χ0n) is 10.1. The minimum Gasteiger partial charge on any atom is -0.469 e. The van der Waals surface area contributed by atoms with E-state index in [-0.39, 0.29) is 17.4 Å². The molecule has 1 unspecified atom stereocenters. The number of rotatable bonds is 6. The number of hydrogen-bond acceptors (Lipinski definition) is 4. The highest BCUT2D eigenvalue weighted by molar-refractivity contribution is 7.99. The molecule has 0 aromatic carbocycles. The Bertz CT molecular complexity index is 416. The van der Waals surface area contributed by atoms with E-state index in [0.717, 1.165) is 5.75 Å². The first-order valence-corrected chi connectivity index (χ1v) is 6.61. The molecule has 0 aliphatic rings. The van der Waals surface area contributed by atoms with Crippen molar-refractivity contribution in [1.82, 2.24) is 4.57 Å². The average Bonchev–Trinajstić information content (AvgIpc) is 2.35. The molecule has 0 spiro atoms. The molecular formula is C12H17NO3S. The van der Waals surface area contributed by atoms with E-state index >= 15 is 0 Å². The number of methoxy groups -OCH3 is 1. The standard InChI is InChI=1S/C12H17NO3S/c1-10(12(15)16-2)9-17-8-7-13-6-4-3-5-11(13)14/h3-6,10H,7-9H2,1-2H3. The maximum atomic E-state index is 11.4. The van der Waals surface area contributed by atoms with Crippen LogP contribution in [-0.2, 0) is 16.1 Å². The molecule has 94 valence electrons. The molecule has 0 N–H and O–H groups in total. The number of nitrogens with zero attached hydrogens (tertiary/aromatic N) is 1. The smallest absolute Gasteiger partial charge is 0.309 e. The average molecular weight is 255 g/mol. The summed E-state index contributed by atoms with van der Waals surface area (Å²) in [5.41, 5.74) is 0.00844. The Balaban J connectivity index is 2.27. The molecule has 0 saturated carbocycles. The second-order valence-electron chi connectivity index (χ2n) is 3.73. The van der Waals surface area contributed by atoms with Crippen molar-refractivity contribution in [3.05, 3.63) is 34.7 Å². The molecular weight excluding hydrogens is 238 g/mol. The van der Waals surface area contributed by atoms with E-state index in [1.807, 2.05) is 13.0 Å². The predicted molar refractivity (Wildman–Crippen MR) is 69.2 cm³/mol. The lowest BCUT2D eigenvalue weighted by Crippen LogP contribution is -2.19. The SMILES string of the molecule is COC(=O)C(C)CSCCn1ccccc1=O. The highest BCUT2D eigenvalue weighted by Gasteiger charge is 2.12. The Kier molecular flexibility index (Phi) is 5.83. The number of esters is 1. The lowest BCUT2D eigenvalue weighted by molar-refractivity contribution is -0.143. The number of aryl methyl sites for hydroxylation is 1. The zero-order chi connectivity index (χ0) is 12.7. The van der Waals surface area contributed by atoms with E-state index in [1.165, 1.54) is 7.11 Å². The predicted octanol–water partition coefficient (Wildman–Crippen LogP) is 1.39. The molecule has 0 saturated heterocycles. The number of pyridine rings is 1. The first-order valence-electron chi connectivity index (χ1n) is 5.46. The van der Waals surface area contributed by atoms with E-state index in [0.29, 0.717) is 12.3 Å². The van der Waals surface area contributed by atoms with Gasteiger partial charge in [-0.05, 0) is 6.07 Å². The highest BCUT2D eigenvalue weighted by atomic mass is 32.2. The minimum atomic E-state index is -0.186. The minimum absolute atomic E-state index is 0.00844. The van der Waals surface area contributed by atoms with Gasteiger partial charge in [-0.2, -0.15) is 11.8 Å². The summed E-state index contributed by atoms with van der Waals surface area (Å²) in [6, 6.07) is 5.11. The van der Waals surface area contributed by atoms with Crippen LogP contribution in [0, 0.1) is 5.92 Å². The van der Waals surface area contributed by atoms with Crippen LogP contribution in [0.15, 0.2) is 29.2 Å². The Morgan fingerprint density at radius 1 is 1.53 bits per heavy atom. The Morgan fingerprint density at radius 2 is 2.29 bits per heavy atom. The van der Waals surface area contributed by atoms with Gasteiger partial charge in [-0.25, -0.2) is 0 Å². The van der Waals surface area contributed by atoms with Crippen LogP contribution in [0.4, 0.5) is 0 Å². The van der Waals surface area contributed by atoms with E-state index < -0.39 is 0 Å². The monoisotopic (exact) mass is 255 g/mol. The number of thioether (sulfide) groups is 1. The summed E-state index contributed by atoms with van der Waals surface area (Å²) in [6.07, 6.45) is 1.77. The van der Waals surface area contributed by atoms with Gasteiger partial charge in [0, 0.05) is 30.3 Å². The number of carbonyl (C=O) groups excluding carboxylic acids is 1. The van der Waals surface area contributed by atoms with E-state index in [4.69, 9.17) is 0 Å². The summed E-state index contributed by atoms with van der Waals surface area (Å²) in [6.45, 7) is 2.51. The lowest BCUT2D eigenvalue weighted by atomic mass is 10.2. The fourth-order valence-corrected chi connectivity index (χ4v) is 2.32. The molecule has 17 heavy (non-hydrogen) atoms. The van der Waals surface area contributed by atoms with Crippen molar-refractivity contribution in [1.29, 1.82) is 0 Å². The van der Waals surface area contributed by atoms with Crippen LogP contribution in [-0.4, -0.2) is 29.2 Å². The topological polar surface area (TPSA) is 48.3 Å². The van der Waals surface area contributed by atoms with Crippen LogP contribution in [0.3, 0.4) is 0 Å². The highest BCUT2D eigenvalue weighted by Crippen LogP contribution is 2.09. The quantitative estimate of drug-likeness (QED) is 0.569. The molecule has 0 radical (unpaired) electrons. The molecule has 1 aromatic rings. The summed E-state index contributed by atoms with van der Waals surface area (Å²) in [5.74, 6) is 1.24. The summed E-state index contributed by atoms with van der Waals surface area (Å²) < 4.78 is 6.30. The third-order valence-corrected chi connectivity index (χ3v) is 3.55. The molecule has 4 nitrogen and oxygen atoms in total. The van der Waals surface area contributed by atoms with Crippen LogP contribution >= 0.6 is 11.8 Å². The Morgan fingerprint density at radius 3 is 2.94 bits per heavy atom. The molecule has 0 amide bonds. The summed E-state index contributed by atoms with van der Waals surface area (Å²) >= 11 is 1.65. The van der Waals surface area contributed by atoms with Crippen molar-refractivity contribution in [3.8, 4) is 0 Å². The van der Waals surface area contributed by atoms with Gasteiger partial charge in [0.25, 0.3) is 5.56 Å². The van der Waals surface area contributed by atoms with Gasteiger partial charge in [-0.1, -0.05) is 13.0 Å². The second-order valence-corrected chi connectivity index (χ2v) is 4.88. The van der Waals surface area contributed by atoms with E-state index in [9.17, 15) is 9.59 Å². The van der Waals surface area contributed by atoms with Crippen LogP contribution < -0.4 is 5.56 Å². The molecule has 0 aliphatic carbocycles. The van der Waals surface area contributed by atoms with Crippen molar-refractivity contribution in [3.63, 3.8) is 0 Å². The van der Waals surface area contributed by atoms with Crippen molar-refractivity contribution >= 4 is 17.7 Å². The molecule has 0 fully saturated rings. The van der Waals surface area contributed by atoms with E-state index in [1.54, 1.807) is 34.7 Å². The number of ether oxygens (including phenoxy) is 1. The molecule has 1 aromatic heterocycles. The Labute approximate surface area is 105 Å². The van der Waals surface area contributed by atoms with Gasteiger partial charge in [0.05, 0.1) is 13.0 Å². The summed E-state index contributed by atoms with van der Waals surface area (Å²) in [4.78, 5) is 22.5. The van der Waals surface area contributed by atoms with Gasteiger partial charge in [0.15, 0.2) is 0 Å². The molecule has 1 rings (SSSR count). The zero-order valence-corrected chi connectivity index (χ0v) is 10.9. The fraction of sp³-hybridized carbons (Fsp3) is 0.500. The van der Waals surface area contributed by atoms with Crippen LogP contribution in [0.5, 0.6) is 0 Å². The maximum Gasteiger partial charge on any atom is 0.309 e. The molecule has 0 aliphatic heterocycles. The first kappa shape index (κ1) is 13.8.